The van der Waals surface area contributed by atoms with Gasteiger partial charge in [0.2, 0.25) is 5.52 Å². The van der Waals surface area contributed by atoms with Crippen LogP contribution in [0, 0.1) is 10.1 Å². The molecule has 1 aliphatic heterocycles. The maximum absolute atomic E-state index is 11.0. The predicted molar refractivity (Wildman–Crippen MR) is 72.5 cm³/mol. The molecule has 1 saturated heterocycles. The van der Waals surface area contributed by atoms with Gasteiger partial charge < -0.3 is 9.38 Å². The molecule has 0 N–H and O–H groups in total. The molecular formula is C12H16N5O3+. The third kappa shape index (κ3) is 2.07. The quantitative estimate of drug-likeness (QED) is 0.463. The van der Waals surface area contributed by atoms with Crippen LogP contribution in [0.15, 0.2) is 16.8 Å². The third-order valence-electron chi connectivity index (χ3n) is 3.86. The number of non-ortho nitro benzene ring substituents is 1. The van der Waals surface area contributed by atoms with Gasteiger partial charge in [0.05, 0.1) is 50.9 Å². The fourth-order valence-corrected chi connectivity index (χ4v) is 2.49. The zero-order valence-corrected chi connectivity index (χ0v) is 11.4. The Morgan fingerprint density at radius 1 is 1.25 bits per heavy atom. The number of rotatable bonds is 2. The van der Waals surface area contributed by atoms with Gasteiger partial charge >= 0.3 is 5.69 Å². The van der Waals surface area contributed by atoms with Gasteiger partial charge in [-0.25, -0.2) is 4.63 Å². The van der Waals surface area contributed by atoms with E-state index in [4.69, 9.17) is 4.63 Å². The zero-order chi connectivity index (χ0) is 14.3. The molecule has 0 atom stereocenters. The summed E-state index contributed by atoms with van der Waals surface area (Å²) >= 11 is 0. The first-order chi connectivity index (χ1) is 9.48. The lowest BCUT2D eigenvalue weighted by Crippen LogP contribution is -2.54. The van der Waals surface area contributed by atoms with Crippen molar-refractivity contribution in [2.45, 2.75) is 0 Å². The number of piperazine rings is 1. The van der Waals surface area contributed by atoms with Crippen LogP contribution < -0.4 is 4.90 Å². The highest BCUT2D eigenvalue weighted by atomic mass is 16.6. The molecule has 1 aromatic carbocycles. The Morgan fingerprint density at radius 2 is 1.90 bits per heavy atom. The summed E-state index contributed by atoms with van der Waals surface area (Å²) in [7, 11) is 4.39. The summed E-state index contributed by atoms with van der Waals surface area (Å²) in [6.45, 7) is 3.80. The molecule has 0 unspecified atom stereocenters. The number of anilines is 1. The SMILES string of the molecule is C[N+]1(C)CCN(c2ccc([N+](=O)[O-])c3nonc23)CC1. The minimum atomic E-state index is -0.466. The molecule has 8 nitrogen and oxygen atoms in total. The molecule has 106 valence electrons. The summed E-state index contributed by atoms with van der Waals surface area (Å²) in [5, 5.41) is 18.5. The molecule has 1 fully saturated rings. The molecule has 1 aromatic heterocycles. The second-order valence-corrected chi connectivity index (χ2v) is 5.69. The van der Waals surface area contributed by atoms with Crippen molar-refractivity contribution in [2.24, 2.45) is 0 Å². The average molecular weight is 278 g/mol. The van der Waals surface area contributed by atoms with Gasteiger partial charge in [0.15, 0.2) is 5.52 Å². The van der Waals surface area contributed by atoms with Crippen LogP contribution in [-0.4, -0.2) is 60.0 Å². The van der Waals surface area contributed by atoms with Crippen LogP contribution in [-0.2, 0) is 0 Å². The highest BCUT2D eigenvalue weighted by molar-refractivity contribution is 5.93. The van der Waals surface area contributed by atoms with E-state index in [1.165, 1.54) is 6.07 Å². The molecular weight excluding hydrogens is 262 g/mol. The summed E-state index contributed by atoms with van der Waals surface area (Å²) < 4.78 is 5.67. The van der Waals surface area contributed by atoms with E-state index in [0.717, 1.165) is 36.3 Å². The number of benzene rings is 1. The highest BCUT2D eigenvalue weighted by Crippen LogP contribution is 2.31. The first-order valence-corrected chi connectivity index (χ1v) is 6.44. The predicted octanol–water partition coefficient (Wildman–Crippen LogP) is 1.03. The van der Waals surface area contributed by atoms with E-state index < -0.39 is 4.92 Å². The third-order valence-corrected chi connectivity index (χ3v) is 3.86. The van der Waals surface area contributed by atoms with Gasteiger partial charge in [0.25, 0.3) is 0 Å². The molecule has 0 bridgehead atoms. The molecule has 0 amide bonds. The monoisotopic (exact) mass is 278 g/mol. The van der Waals surface area contributed by atoms with E-state index in [1.807, 2.05) is 0 Å². The lowest BCUT2D eigenvalue weighted by atomic mass is 10.2. The minimum absolute atomic E-state index is 0.0712. The van der Waals surface area contributed by atoms with E-state index in [9.17, 15) is 10.1 Å². The Morgan fingerprint density at radius 3 is 2.55 bits per heavy atom. The van der Waals surface area contributed by atoms with Crippen molar-refractivity contribution >= 4 is 22.4 Å². The van der Waals surface area contributed by atoms with Crippen LogP contribution in [0.2, 0.25) is 0 Å². The summed E-state index contributed by atoms with van der Waals surface area (Å²) in [5.41, 5.74) is 1.46. The fraction of sp³-hybridized carbons (Fsp3) is 0.500. The summed E-state index contributed by atoms with van der Waals surface area (Å²) in [5.74, 6) is 0. The van der Waals surface area contributed by atoms with E-state index in [0.29, 0.717) is 5.52 Å². The molecule has 0 saturated carbocycles. The number of nitro groups is 1. The van der Waals surface area contributed by atoms with Crippen molar-refractivity contribution in [1.29, 1.82) is 0 Å². The molecule has 2 heterocycles. The molecule has 0 radical (unpaired) electrons. The van der Waals surface area contributed by atoms with E-state index in [-0.39, 0.29) is 11.2 Å². The van der Waals surface area contributed by atoms with Crippen molar-refractivity contribution in [1.82, 2.24) is 10.3 Å². The molecule has 0 aliphatic carbocycles. The number of nitrogens with zero attached hydrogens (tertiary/aromatic N) is 5. The standard InChI is InChI=1S/C12H16N5O3/c1-17(2)7-5-15(6-8-17)9-3-4-10(16(18)19)12-11(9)13-20-14-12/h3-4H,5-8H2,1-2H3/q+1. The minimum Gasteiger partial charge on any atom is -0.358 e. The molecule has 8 heteroatoms. The van der Waals surface area contributed by atoms with Gasteiger partial charge in [-0.1, -0.05) is 0 Å². The maximum atomic E-state index is 11.0. The van der Waals surface area contributed by atoms with Crippen LogP contribution >= 0.6 is 0 Å². The second kappa shape index (κ2) is 4.41. The van der Waals surface area contributed by atoms with Gasteiger partial charge in [-0.2, -0.15) is 0 Å². The lowest BCUT2D eigenvalue weighted by Gasteiger charge is -2.39. The Hall–Kier alpha value is -2.22. The topological polar surface area (TPSA) is 85.3 Å². The largest absolute Gasteiger partial charge is 0.358 e. The van der Waals surface area contributed by atoms with Crippen molar-refractivity contribution in [3.8, 4) is 0 Å². The number of fused-ring (bicyclic) bond motifs is 1. The number of hydrogen-bond acceptors (Lipinski definition) is 6. The normalized spacial score (nSPS) is 18.4. The van der Waals surface area contributed by atoms with Crippen molar-refractivity contribution in [3.05, 3.63) is 22.2 Å². The number of quaternary nitrogens is 1. The highest BCUT2D eigenvalue weighted by Gasteiger charge is 2.28. The molecule has 3 rings (SSSR count). The van der Waals surface area contributed by atoms with Crippen LogP contribution in [0.5, 0.6) is 0 Å². The number of nitro benzene ring substituents is 1. The van der Waals surface area contributed by atoms with Crippen LogP contribution in [0.4, 0.5) is 11.4 Å². The second-order valence-electron chi connectivity index (χ2n) is 5.69. The Labute approximate surface area is 115 Å². The Balaban J connectivity index is 1.99. The van der Waals surface area contributed by atoms with Gasteiger partial charge in [-0.3, -0.25) is 10.1 Å². The van der Waals surface area contributed by atoms with E-state index in [2.05, 4.69) is 29.3 Å². The smallest absolute Gasteiger partial charge is 0.300 e. The van der Waals surface area contributed by atoms with Gasteiger partial charge in [0, 0.05) is 6.07 Å². The molecule has 0 spiro atoms. The first-order valence-electron chi connectivity index (χ1n) is 6.44. The number of aromatic nitrogens is 2. The summed E-state index contributed by atoms with van der Waals surface area (Å²) in [6, 6.07) is 3.20. The van der Waals surface area contributed by atoms with Crippen LogP contribution in [0.25, 0.3) is 11.0 Å². The van der Waals surface area contributed by atoms with Gasteiger partial charge in [-0.15, -0.1) is 0 Å². The zero-order valence-electron chi connectivity index (χ0n) is 11.4. The maximum Gasteiger partial charge on any atom is 0.300 e. The van der Waals surface area contributed by atoms with Crippen molar-refractivity contribution < 1.29 is 14.0 Å². The lowest BCUT2D eigenvalue weighted by molar-refractivity contribution is -0.890. The Kier molecular flexibility index (Phi) is 2.82. The average Bonchev–Trinajstić information content (AvgIpc) is 2.86. The fourth-order valence-electron chi connectivity index (χ4n) is 2.49. The van der Waals surface area contributed by atoms with Crippen LogP contribution in [0.3, 0.4) is 0 Å². The molecule has 1 aliphatic rings. The van der Waals surface area contributed by atoms with Crippen molar-refractivity contribution in [2.75, 3.05) is 45.2 Å². The molecule has 2 aromatic rings. The number of likely N-dealkylation sites (N-methyl/N-ethyl adjacent to an activating group) is 1. The molecule has 20 heavy (non-hydrogen) atoms. The Bertz CT molecular complexity index is 656. The van der Waals surface area contributed by atoms with Gasteiger partial charge in [0.1, 0.15) is 0 Å². The number of hydrogen-bond donors (Lipinski definition) is 0. The van der Waals surface area contributed by atoms with E-state index in [1.54, 1.807) is 6.07 Å². The summed E-state index contributed by atoms with van der Waals surface area (Å²) in [4.78, 5) is 12.7. The first kappa shape index (κ1) is 12.8. The van der Waals surface area contributed by atoms with Gasteiger partial charge in [-0.05, 0) is 16.4 Å². The van der Waals surface area contributed by atoms with Crippen LogP contribution in [0.1, 0.15) is 0 Å². The van der Waals surface area contributed by atoms with E-state index >= 15 is 0 Å². The van der Waals surface area contributed by atoms with Crippen molar-refractivity contribution in [3.63, 3.8) is 0 Å². The summed E-state index contributed by atoms with van der Waals surface area (Å²) in [6.07, 6.45) is 0.